The number of nitrogens with one attached hydrogen (secondary N) is 2. The van der Waals surface area contributed by atoms with Crippen LogP contribution < -0.4 is 15.4 Å². The second-order valence-electron chi connectivity index (χ2n) is 6.72. The van der Waals surface area contributed by atoms with Gasteiger partial charge in [0.25, 0.3) is 5.69 Å². The zero-order valence-electron chi connectivity index (χ0n) is 15.2. The number of hydrogen-bond donors (Lipinski definition) is 2. The Hall–Kier alpha value is -3.12. The molecule has 3 rings (SSSR count). The Morgan fingerprint density at radius 2 is 2.11 bits per heavy atom. The predicted molar refractivity (Wildman–Crippen MR) is 100 cm³/mol. The Morgan fingerprint density at radius 1 is 1.43 bits per heavy atom. The highest BCUT2D eigenvalue weighted by atomic mass is 32.1. The van der Waals surface area contributed by atoms with Crippen LogP contribution in [0.15, 0.2) is 18.2 Å². The minimum Gasteiger partial charge on any atom is -0.494 e. The van der Waals surface area contributed by atoms with E-state index in [2.05, 4.69) is 10.6 Å². The zero-order chi connectivity index (χ0) is 20.8. The number of anilines is 1. The van der Waals surface area contributed by atoms with E-state index in [9.17, 15) is 24.5 Å². The summed E-state index contributed by atoms with van der Waals surface area (Å²) in [6, 6.07) is 2.74. The molecule has 11 nitrogen and oxygen atoms in total. The number of hydrogen-bond acceptors (Lipinski definition) is 8. The van der Waals surface area contributed by atoms with Crippen molar-refractivity contribution in [2.75, 3.05) is 12.4 Å². The number of amides is 3. The number of nitro groups is 1. The van der Waals surface area contributed by atoms with E-state index in [1.165, 1.54) is 30.3 Å². The average molecular weight is 407 g/mol. The maximum Gasteiger partial charge on any atom is 0.273 e. The van der Waals surface area contributed by atoms with E-state index in [1.54, 1.807) is 13.8 Å². The number of methoxy groups -OCH3 is 1. The first kappa shape index (κ1) is 19.6. The number of carbonyl (C=O) groups is 3. The molecular formula is C16H17N5O6S. The summed E-state index contributed by atoms with van der Waals surface area (Å²) in [6.45, 7) is 3.14. The van der Waals surface area contributed by atoms with Crippen molar-refractivity contribution in [3.63, 3.8) is 0 Å². The van der Waals surface area contributed by atoms with Crippen molar-refractivity contribution in [1.29, 1.82) is 0 Å². The number of nitrogens with zero attached hydrogens (tertiary/aromatic N) is 3. The molecule has 12 heteroatoms. The molecule has 0 spiro atoms. The fraction of sp³-hybridized carbons (Fsp3) is 0.375. The molecule has 3 amide bonds. The minimum atomic E-state index is -1.20. The molecular weight excluding hydrogens is 390 g/mol. The Kier molecular flexibility index (Phi) is 4.77. The summed E-state index contributed by atoms with van der Waals surface area (Å²) in [5, 5.41) is 18.4. The predicted octanol–water partition coefficient (Wildman–Crippen LogP) is 0.553. The lowest BCUT2D eigenvalue weighted by molar-refractivity contribution is -0.384. The van der Waals surface area contributed by atoms with Crippen LogP contribution in [0.25, 0.3) is 0 Å². The molecule has 0 saturated carbocycles. The molecule has 1 atom stereocenters. The maximum absolute atomic E-state index is 12.9. The topological polar surface area (TPSA) is 134 Å². The molecule has 2 fully saturated rings. The molecule has 2 aliphatic rings. The Balaban J connectivity index is 1.91. The Labute approximate surface area is 164 Å². The number of fused-ring (bicyclic) bond motifs is 1. The third kappa shape index (κ3) is 3.05. The Morgan fingerprint density at radius 3 is 2.71 bits per heavy atom. The number of benzene rings is 1. The second-order valence-corrected chi connectivity index (χ2v) is 7.11. The van der Waals surface area contributed by atoms with Crippen LogP contribution in [-0.4, -0.2) is 56.5 Å². The SMILES string of the molecule is COc1cc([N+](=O)[O-])ccc1NC(=O)C1CC(=O)N2C(=S)NC(=O)C(C)(C)N12. The third-order valence-electron chi connectivity index (χ3n) is 4.61. The van der Waals surface area contributed by atoms with E-state index in [0.717, 1.165) is 5.01 Å². The van der Waals surface area contributed by atoms with Crippen molar-refractivity contribution >= 4 is 46.4 Å². The summed E-state index contributed by atoms with van der Waals surface area (Å²) in [5.41, 5.74) is -1.20. The van der Waals surface area contributed by atoms with Crippen LogP contribution >= 0.6 is 12.2 Å². The molecule has 28 heavy (non-hydrogen) atoms. The van der Waals surface area contributed by atoms with Gasteiger partial charge in [-0.25, -0.2) is 5.01 Å². The maximum atomic E-state index is 12.9. The third-order valence-corrected chi connectivity index (χ3v) is 4.89. The zero-order valence-corrected chi connectivity index (χ0v) is 16.0. The van der Waals surface area contributed by atoms with Crippen molar-refractivity contribution in [1.82, 2.24) is 15.3 Å². The number of non-ortho nitro benzene ring substituents is 1. The van der Waals surface area contributed by atoms with Gasteiger partial charge in [0.1, 0.15) is 17.3 Å². The van der Waals surface area contributed by atoms with E-state index in [-0.39, 0.29) is 28.7 Å². The molecule has 2 saturated heterocycles. The van der Waals surface area contributed by atoms with Crippen LogP contribution in [0.3, 0.4) is 0 Å². The van der Waals surface area contributed by atoms with Gasteiger partial charge in [0, 0.05) is 6.07 Å². The summed E-state index contributed by atoms with van der Waals surface area (Å²) in [4.78, 5) is 47.9. The summed E-state index contributed by atoms with van der Waals surface area (Å²) in [5.74, 6) is -1.34. The smallest absolute Gasteiger partial charge is 0.273 e. The van der Waals surface area contributed by atoms with Gasteiger partial charge >= 0.3 is 0 Å². The largest absolute Gasteiger partial charge is 0.494 e. The van der Waals surface area contributed by atoms with Gasteiger partial charge in [0.15, 0.2) is 5.11 Å². The first-order chi connectivity index (χ1) is 13.1. The van der Waals surface area contributed by atoms with Gasteiger partial charge in [-0.1, -0.05) is 0 Å². The number of carbonyl (C=O) groups excluding carboxylic acids is 3. The molecule has 2 N–H and O–H groups in total. The summed E-state index contributed by atoms with van der Waals surface area (Å²) < 4.78 is 5.11. The summed E-state index contributed by atoms with van der Waals surface area (Å²) in [6.07, 6.45) is -0.181. The quantitative estimate of drug-likeness (QED) is 0.420. The fourth-order valence-electron chi connectivity index (χ4n) is 3.17. The normalized spacial score (nSPS) is 21.2. The first-order valence-corrected chi connectivity index (χ1v) is 8.59. The molecule has 2 aliphatic heterocycles. The number of nitro benzene ring substituents is 1. The van der Waals surface area contributed by atoms with Crippen molar-refractivity contribution in [3.05, 3.63) is 28.3 Å². The summed E-state index contributed by atoms with van der Waals surface area (Å²) >= 11 is 5.06. The molecule has 0 aromatic heterocycles. The molecule has 0 bridgehead atoms. The van der Waals surface area contributed by atoms with Gasteiger partial charge < -0.3 is 10.1 Å². The van der Waals surface area contributed by atoms with E-state index in [0.29, 0.717) is 0 Å². The van der Waals surface area contributed by atoms with Crippen molar-refractivity contribution in [2.45, 2.75) is 31.8 Å². The van der Waals surface area contributed by atoms with E-state index in [1.807, 2.05) is 0 Å². The van der Waals surface area contributed by atoms with Gasteiger partial charge in [-0.15, -0.1) is 0 Å². The van der Waals surface area contributed by atoms with Gasteiger partial charge in [-0.2, -0.15) is 5.01 Å². The van der Waals surface area contributed by atoms with E-state index < -0.39 is 34.2 Å². The molecule has 1 aromatic carbocycles. The minimum absolute atomic E-state index is 0.0856. The van der Waals surface area contributed by atoms with Crippen LogP contribution in [0.2, 0.25) is 0 Å². The van der Waals surface area contributed by atoms with E-state index >= 15 is 0 Å². The lowest BCUT2D eigenvalue weighted by Crippen LogP contribution is -2.71. The van der Waals surface area contributed by atoms with Gasteiger partial charge in [-0.3, -0.25) is 29.8 Å². The van der Waals surface area contributed by atoms with Crippen molar-refractivity contribution < 1.29 is 24.0 Å². The lowest BCUT2D eigenvalue weighted by Gasteiger charge is -2.45. The highest BCUT2D eigenvalue weighted by Crippen LogP contribution is 2.34. The van der Waals surface area contributed by atoms with Crippen molar-refractivity contribution in [2.24, 2.45) is 0 Å². The lowest BCUT2D eigenvalue weighted by atomic mass is 10.00. The van der Waals surface area contributed by atoms with Gasteiger partial charge in [0.05, 0.1) is 30.2 Å². The number of thiocarbonyl (C=S) groups is 1. The summed E-state index contributed by atoms with van der Waals surface area (Å²) in [7, 11) is 1.31. The van der Waals surface area contributed by atoms with Gasteiger partial charge in [0.2, 0.25) is 17.7 Å². The number of rotatable bonds is 4. The molecule has 0 radical (unpaired) electrons. The number of ether oxygens (including phenoxy) is 1. The molecule has 0 aliphatic carbocycles. The van der Waals surface area contributed by atoms with Gasteiger partial charge in [-0.05, 0) is 32.1 Å². The highest BCUT2D eigenvalue weighted by Gasteiger charge is 2.56. The molecule has 148 valence electrons. The standard InChI is InChI=1S/C16H17N5O6S/c1-16(2)14(24)18-15(28)19-12(22)7-10(20(16)19)13(23)17-9-5-4-8(21(25)26)6-11(9)27-3/h4-6,10H,7H2,1-3H3,(H,17,23)(H,18,24,28). The first-order valence-electron chi connectivity index (χ1n) is 8.19. The molecule has 1 aromatic rings. The van der Waals surface area contributed by atoms with Crippen LogP contribution in [0.5, 0.6) is 5.75 Å². The fourth-order valence-corrected chi connectivity index (χ4v) is 3.45. The van der Waals surface area contributed by atoms with Crippen LogP contribution in [-0.2, 0) is 14.4 Å². The highest BCUT2D eigenvalue weighted by molar-refractivity contribution is 7.80. The van der Waals surface area contributed by atoms with Crippen LogP contribution in [0, 0.1) is 10.1 Å². The Bertz CT molecular complexity index is 917. The van der Waals surface area contributed by atoms with E-state index in [4.69, 9.17) is 17.0 Å². The monoisotopic (exact) mass is 407 g/mol. The van der Waals surface area contributed by atoms with Crippen LogP contribution in [0.4, 0.5) is 11.4 Å². The number of hydrazine groups is 1. The molecule has 2 heterocycles. The molecule has 1 unspecified atom stereocenters. The average Bonchev–Trinajstić information content (AvgIpc) is 2.99. The van der Waals surface area contributed by atoms with Crippen molar-refractivity contribution in [3.8, 4) is 5.75 Å². The second kappa shape index (κ2) is 6.80. The van der Waals surface area contributed by atoms with Crippen LogP contribution in [0.1, 0.15) is 20.3 Å².